The predicted octanol–water partition coefficient (Wildman–Crippen LogP) is 4.22. The molecule has 0 unspecified atom stereocenters. The third-order valence-electron chi connectivity index (χ3n) is 7.96. The van der Waals surface area contributed by atoms with E-state index < -0.39 is 0 Å². The second-order valence-electron chi connectivity index (χ2n) is 9.95. The Hall–Kier alpha value is -1.13. The average molecular weight is 402 g/mol. The summed E-state index contributed by atoms with van der Waals surface area (Å²) in [4.78, 5) is 14.2. The lowest BCUT2D eigenvalue weighted by Crippen LogP contribution is -2.27. The summed E-state index contributed by atoms with van der Waals surface area (Å²) in [6.07, 6.45) is 18.8. The van der Waals surface area contributed by atoms with Gasteiger partial charge in [-0.3, -0.25) is 4.79 Å². The second-order valence-corrected chi connectivity index (χ2v) is 9.95. The lowest BCUT2D eigenvalue weighted by Gasteiger charge is -2.20. The first-order valence-electron chi connectivity index (χ1n) is 12.1. The Morgan fingerprint density at radius 3 is 2.69 bits per heavy atom. The van der Waals surface area contributed by atoms with Crippen LogP contribution in [0.25, 0.3) is 0 Å². The Morgan fingerprint density at radius 2 is 1.93 bits per heavy atom. The molecule has 0 radical (unpaired) electrons. The van der Waals surface area contributed by atoms with E-state index in [4.69, 9.17) is 0 Å². The number of nitrogens with zero attached hydrogens (tertiary/aromatic N) is 1. The van der Waals surface area contributed by atoms with Crippen LogP contribution in [0.4, 0.5) is 0 Å². The monoisotopic (exact) mass is 401 g/mol. The summed E-state index contributed by atoms with van der Waals surface area (Å²) in [5.74, 6) is 1.93. The number of aliphatic hydroxyl groups is 2. The van der Waals surface area contributed by atoms with Crippen molar-refractivity contribution in [1.82, 2.24) is 4.90 Å². The van der Waals surface area contributed by atoms with E-state index in [1.54, 1.807) is 0 Å². The van der Waals surface area contributed by atoms with Crippen molar-refractivity contribution in [1.29, 1.82) is 0 Å². The highest BCUT2D eigenvalue weighted by molar-refractivity contribution is 5.76. The van der Waals surface area contributed by atoms with Crippen molar-refractivity contribution in [3.63, 3.8) is 0 Å². The van der Waals surface area contributed by atoms with E-state index >= 15 is 0 Å². The first kappa shape index (κ1) is 21.1. The van der Waals surface area contributed by atoms with Crippen LogP contribution >= 0.6 is 0 Å². The molecule has 4 nitrogen and oxygen atoms in total. The quantitative estimate of drug-likeness (QED) is 0.473. The lowest BCUT2D eigenvalue weighted by molar-refractivity contribution is -0.130. The molecule has 2 N–H and O–H groups in total. The maximum absolute atomic E-state index is 12.2. The fraction of sp³-hybridized carbons (Fsp3) is 0.800. The topological polar surface area (TPSA) is 60.8 Å². The molecule has 0 aromatic rings. The van der Waals surface area contributed by atoms with E-state index in [-0.39, 0.29) is 18.1 Å². The minimum absolute atomic E-state index is 0.182. The van der Waals surface area contributed by atoms with Crippen molar-refractivity contribution >= 4 is 5.91 Å². The molecule has 162 valence electrons. The number of amides is 1. The summed E-state index contributed by atoms with van der Waals surface area (Å²) in [6.45, 7) is 1.92. The van der Waals surface area contributed by atoms with Gasteiger partial charge in [0, 0.05) is 25.4 Å². The van der Waals surface area contributed by atoms with Gasteiger partial charge < -0.3 is 15.1 Å². The number of fused-ring (bicyclic) bond motifs is 1. The second kappa shape index (κ2) is 9.78. The molecule has 1 saturated heterocycles. The predicted molar refractivity (Wildman–Crippen MR) is 115 cm³/mol. The van der Waals surface area contributed by atoms with Gasteiger partial charge in [-0.25, -0.2) is 0 Å². The highest BCUT2D eigenvalue weighted by Crippen LogP contribution is 2.48. The molecule has 0 aromatic carbocycles. The summed E-state index contributed by atoms with van der Waals surface area (Å²) < 4.78 is 0. The van der Waals surface area contributed by atoms with Crippen LogP contribution in [-0.2, 0) is 4.79 Å². The first-order valence-corrected chi connectivity index (χ1v) is 12.1. The van der Waals surface area contributed by atoms with Crippen LogP contribution < -0.4 is 0 Å². The van der Waals surface area contributed by atoms with Gasteiger partial charge in [-0.15, -0.1) is 0 Å². The summed E-state index contributed by atoms with van der Waals surface area (Å²) in [5.41, 5.74) is 1.52. The van der Waals surface area contributed by atoms with Crippen molar-refractivity contribution in [2.75, 3.05) is 13.1 Å². The molecule has 1 amide bonds. The fourth-order valence-corrected chi connectivity index (χ4v) is 6.24. The largest absolute Gasteiger partial charge is 0.392 e. The van der Waals surface area contributed by atoms with Crippen LogP contribution in [0.15, 0.2) is 23.8 Å². The van der Waals surface area contributed by atoms with Gasteiger partial charge in [0.1, 0.15) is 0 Å². The molecule has 1 aliphatic heterocycles. The summed E-state index contributed by atoms with van der Waals surface area (Å²) in [6, 6.07) is 0. The van der Waals surface area contributed by atoms with Gasteiger partial charge in [0.15, 0.2) is 0 Å². The molecular weight excluding hydrogens is 362 g/mol. The number of aliphatic hydroxyl groups excluding tert-OH is 2. The van der Waals surface area contributed by atoms with Gasteiger partial charge in [0.05, 0.1) is 12.2 Å². The first-order chi connectivity index (χ1) is 14.1. The normalized spacial score (nSPS) is 33.6. The highest BCUT2D eigenvalue weighted by atomic mass is 16.3. The molecule has 0 spiro atoms. The zero-order valence-electron chi connectivity index (χ0n) is 17.8. The van der Waals surface area contributed by atoms with E-state index in [2.05, 4.69) is 12.2 Å². The standard InChI is InChI=1S/C25H39NO3/c27-23(19-8-2-3-9-19)12-11-21-22-16-18(15-20(22)17-24(21)28)7-1-4-10-25(29)26-13-5-6-14-26/h11-12,15,19-24,27-28H,1-10,13-14,16-17H2/t20-,21+,22-,23+,24+/m0/s1. The van der Waals surface area contributed by atoms with Crippen LogP contribution in [-0.4, -0.2) is 46.3 Å². The molecule has 3 fully saturated rings. The van der Waals surface area contributed by atoms with Crippen molar-refractivity contribution < 1.29 is 15.0 Å². The molecule has 2 saturated carbocycles. The van der Waals surface area contributed by atoms with E-state index in [1.807, 2.05) is 11.0 Å². The van der Waals surface area contributed by atoms with Gasteiger partial charge in [-0.05, 0) is 75.5 Å². The third kappa shape index (κ3) is 5.14. The van der Waals surface area contributed by atoms with Gasteiger partial charge in [-0.1, -0.05) is 36.6 Å². The number of likely N-dealkylation sites (tertiary alicyclic amines) is 1. The van der Waals surface area contributed by atoms with Crippen molar-refractivity contribution in [3.8, 4) is 0 Å². The van der Waals surface area contributed by atoms with Gasteiger partial charge >= 0.3 is 0 Å². The smallest absolute Gasteiger partial charge is 0.222 e. The van der Waals surface area contributed by atoms with Crippen LogP contribution in [0.1, 0.15) is 77.0 Å². The van der Waals surface area contributed by atoms with Crippen LogP contribution in [0.3, 0.4) is 0 Å². The van der Waals surface area contributed by atoms with Crippen LogP contribution in [0, 0.1) is 23.7 Å². The Labute approximate surface area is 176 Å². The molecule has 4 aliphatic rings. The Bertz CT molecular complexity index is 616. The Morgan fingerprint density at radius 1 is 1.17 bits per heavy atom. The number of carbonyl (C=O) groups excluding carboxylic acids is 1. The maximum Gasteiger partial charge on any atom is 0.222 e. The molecule has 5 atom stereocenters. The fourth-order valence-electron chi connectivity index (χ4n) is 6.24. The molecule has 0 aromatic heterocycles. The molecule has 29 heavy (non-hydrogen) atoms. The van der Waals surface area contributed by atoms with E-state index in [1.165, 1.54) is 31.3 Å². The van der Waals surface area contributed by atoms with Gasteiger partial charge in [-0.2, -0.15) is 0 Å². The summed E-state index contributed by atoms with van der Waals surface area (Å²) >= 11 is 0. The molecular formula is C25H39NO3. The Kier molecular flexibility index (Phi) is 7.12. The van der Waals surface area contributed by atoms with Crippen molar-refractivity contribution in [3.05, 3.63) is 23.8 Å². The van der Waals surface area contributed by atoms with Gasteiger partial charge in [0.2, 0.25) is 5.91 Å². The molecule has 4 heteroatoms. The number of rotatable bonds is 8. The lowest BCUT2D eigenvalue weighted by atomic mass is 9.88. The highest BCUT2D eigenvalue weighted by Gasteiger charge is 2.43. The zero-order chi connectivity index (χ0) is 20.2. The van der Waals surface area contributed by atoms with E-state index in [0.717, 1.165) is 58.0 Å². The minimum Gasteiger partial charge on any atom is -0.392 e. The number of allylic oxidation sites excluding steroid dienone is 2. The third-order valence-corrected chi connectivity index (χ3v) is 7.96. The number of carbonyl (C=O) groups is 1. The van der Waals surface area contributed by atoms with Crippen molar-refractivity contribution in [2.24, 2.45) is 23.7 Å². The van der Waals surface area contributed by atoms with Crippen molar-refractivity contribution in [2.45, 2.75) is 89.3 Å². The number of unbranched alkanes of at least 4 members (excludes halogenated alkanes) is 1. The molecule has 3 aliphatic carbocycles. The Balaban J connectivity index is 1.20. The SMILES string of the molecule is O=C(CCCCC1=C[C@H]2C[C@@H](O)[C@H](C=C[C@@H](O)C3CCCC3)[C@H]2C1)N1CCCC1. The molecule has 4 rings (SSSR count). The number of hydrogen-bond donors (Lipinski definition) is 2. The summed E-state index contributed by atoms with van der Waals surface area (Å²) in [7, 11) is 0. The zero-order valence-corrected chi connectivity index (χ0v) is 17.8. The number of hydrogen-bond acceptors (Lipinski definition) is 3. The molecule has 0 bridgehead atoms. The molecule has 1 heterocycles. The summed E-state index contributed by atoms with van der Waals surface area (Å²) in [5, 5.41) is 21.0. The van der Waals surface area contributed by atoms with Crippen LogP contribution in [0.2, 0.25) is 0 Å². The van der Waals surface area contributed by atoms with E-state index in [9.17, 15) is 15.0 Å². The maximum atomic E-state index is 12.2. The van der Waals surface area contributed by atoms with Gasteiger partial charge in [0.25, 0.3) is 0 Å². The average Bonchev–Trinajstić information content (AvgIpc) is 3.49. The minimum atomic E-state index is -0.342. The van der Waals surface area contributed by atoms with Crippen LogP contribution in [0.5, 0.6) is 0 Å². The van der Waals surface area contributed by atoms with E-state index in [0.29, 0.717) is 30.1 Å².